The van der Waals surface area contributed by atoms with Gasteiger partial charge in [-0.15, -0.1) is 0 Å². The molecule has 0 saturated carbocycles. The maximum atomic E-state index is 13.3. The third-order valence-corrected chi connectivity index (χ3v) is 3.22. The van der Waals surface area contributed by atoms with E-state index < -0.39 is 17.8 Å². The van der Waals surface area contributed by atoms with E-state index in [0.717, 1.165) is 5.56 Å². The molecule has 0 aliphatic heterocycles. The van der Waals surface area contributed by atoms with Gasteiger partial charge in [0, 0.05) is 18.8 Å². The van der Waals surface area contributed by atoms with Crippen molar-refractivity contribution in [2.45, 2.75) is 33.2 Å². The van der Waals surface area contributed by atoms with Crippen LogP contribution in [0.15, 0.2) is 18.2 Å². The maximum Gasteiger partial charge on any atom is 0.240 e. The van der Waals surface area contributed by atoms with Crippen LogP contribution >= 0.6 is 0 Å². The maximum absolute atomic E-state index is 13.3. The Labute approximate surface area is 124 Å². The van der Waals surface area contributed by atoms with Gasteiger partial charge in [0.05, 0.1) is 6.42 Å². The fourth-order valence-electron chi connectivity index (χ4n) is 2.12. The molecule has 3 N–H and O–H groups in total. The van der Waals surface area contributed by atoms with Crippen LogP contribution in [0.4, 0.5) is 10.1 Å². The molecule has 1 aromatic carbocycles. The van der Waals surface area contributed by atoms with Crippen LogP contribution in [-0.4, -0.2) is 35.8 Å². The number of nitrogens with one attached hydrogen (secondary N) is 1. The van der Waals surface area contributed by atoms with Gasteiger partial charge < -0.3 is 16.0 Å². The molecule has 0 aliphatic carbocycles. The number of carbonyl (C=O) groups is 2. The second kappa shape index (κ2) is 7.61. The second-order valence-electron chi connectivity index (χ2n) is 4.89. The molecule has 0 heterocycles. The highest BCUT2D eigenvalue weighted by molar-refractivity contribution is 5.89. The van der Waals surface area contributed by atoms with E-state index in [1.807, 2.05) is 13.8 Å². The Morgan fingerprint density at radius 1 is 1.29 bits per heavy atom. The van der Waals surface area contributed by atoms with Crippen molar-refractivity contribution < 1.29 is 14.0 Å². The predicted octanol–water partition coefficient (Wildman–Crippen LogP) is 1.66. The molecule has 1 unspecified atom stereocenters. The molecular weight excluding hydrogens is 273 g/mol. The van der Waals surface area contributed by atoms with Crippen molar-refractivity contribution >= 4 is 17.5 Å². The number of anilines is 1. The Bertz CT molecular complexity index is 495. The number of amides is 2. The molecule has 0 saturated heterocycles. The normalized spacial score (nSPS) is 11.8. The molecule has 0 fully saturated rings. The highest BCUT2D eigenvalue weighted by Crippen LogP contribution is 2.15. The first-order valence-electron chi connectivity index (χ1n) is 6.98. The van der Waals surface area contributed by atoms with Crippen molar-refractivity contribution in [2.75, 3.05) is 18.4 Å². The number of benzene rings is 1. The molecule has 1 rings (SSSR count). The first kappa shape index (κ1) is 16.9. The van der Waals surface area contributed by atoms with Crippen molar-refractivity contribution in [3.63, 3.8) is 0 Å². The number of carbonyl (C=O) groups excluding carboxylic acids is 2. The predicted molar refractivity (Wildman–Crippen MR) is 80.3 cm³/mol. The van der Waals surface area contributed by atoms with Gasteiger partial charge >= 0.3 is 0 Å². The number of nitrogens with zero attached hydrogens (tertiary/aromatic N) is 1. The van der Waals surface area contributed by atoms with Crippen molar-refractivity contribution in [1.82, 2.24) is 4.90 Å². The Hall–Kier alpha value is -2.11. The summed E-state index contributed by atoms with van der Waals surface area (Å²) in [5.74, 6) is -1.21. The Kier molecular flexibility index (Phi) is 6.14. The molecule has 21 heavy (non-hydrogen) atoms. The molecule has 116 valence electrons. The van der Waals surface area contributed by atoms with E-state index in [0.29, 0.717) is 18.8 Å². The molecule has 1 atom stereocenters. The fourth-order valence-corrected chi connectivity index (χ4v) is 2.12. The van der Waals surface area contributed by atoms with Gasteiger partial charge in [0.15, 0.2) is 0 Å². The van der Waals surface area contributed by atoms with Gasteiger partial charge in [0.2, 0.25) is 11.8 Å². The van der Waals surface area contributed by atoms with Crippen LogP contribution < -0.4 is 11.1 Å². The van der Waals surface area contributed by atoms with Gasteiger partial charge in [0.25, 0.3) is 0 Å². The van der Waals surface area contributed by atoms with E-state index in [1.165, 1.54) is 12.1 Å². The van der Waals surface area contributed by atoms with Crippen LogP contribution in [0.2, 0.25) is 0 Å². The number of primary amides is 1. The monoisotopic (exact) mass is 295 g/mol. The summed E-state index contributed by atoms with van der Waals surface area (Å²) < 4.78 is 13.3. The summed E-state index contributed by atoms with van der Waals surface area (Å²) in [7, 11) is 0. The molecule has 0 aromatic heterocycles. The Balaban J connectivity index is 2.83. The van der Waals surface area contributed by atoms with Crippen molar-refractivity contribution in [3.05, 3.63) is 29.6 Å². The van der Waals surface area contributed by atoms with Gasteiger partial charge in [-0.25, -0.2) is 4.39 Å². The number of aryl methyl sites for hydroxylation is 1. The minimum atomic E-state index is -0.862. The summed E-state index contributed by atoms with van der Waals surface area (Å²) in [6.07, 6.45) is -0.0490. The van der Waals surface area contributed by atoms with Crippen LogP contribution in [-0.2, 0) is 9.59 Å². The zero-order chi connectivity index (χ0) is 16.0. The number of rotatable bonds is 7. The quantitative estimate of drug-likeness (QED) is 0.803. The van der Waals surface area contributed by atoms with Crippen LogP contribution in [0.25, 0.3) is 0 Å². The zero-order valence-electron chi connectivity index (χ0n) is 12.6. The van der Waals surface area contributed by atoms with Crippen molar-refractivity contribution in [3.8, 4) is 0 Å². The number of halogens is 1. The lowest BCUT2D eigenvalue weighted by molar-refractivity contribution is -0.133. The van der Waals surface area contributed by atoms with Gasteiger partial charge in [0.1, 0.15) is 11.9 Å². The lowest BCUT2D eigenvalue weighted by Gasteiger charge is -2.22. The lowest BCUT2D eigenvalue weighted by atomic mass is 10.1. The minimum Gasteiger partial charge on any atom is -0.373 e. The SMILES string of the molecule is CCN(CC)C(=O)CC(Nc1cc(C)cc(F)c1)C(N)=O. The van der Waals surface area contributed by atoms with Crippen molar-refractivity contribution in [1.29, 1.82) is 0 Å². The number of nitrogens with two attached hydrogens (primary N) is 1. The second-order valence-corrected chi connectivity index (χ2v) is 4.89. The van der Waals surface area contributed by atoms with Gasteiger partial charge in [-0.3, -0.25) is 9.59 Å². The Morgan fingerprint density at radius 3 is 2.38 bits per heavy atom. The lowest BCUT2D eigenvalue weighted by Crippen LogP contribution is -2.41. The van der Waals surface area contributed by atoms with Gasteiger partial charge in [-0.05, 0) is 44.5 Å². The van der Waals surface area contributed by atoms with E-state index in [-0.39, 0.29) is 12.3 Å². The molecule has 0 aliphatic rings. The molecule has 0 bridgehead atoms. The van der Waals surface area contributed by atoms with Crippen LogP contribution in [0.3, 0.4) is 0 Å². The average Bonchev–Trinajstić information content (AvgIpc) is 2.38. The van der Waals surface area contributed by atoms with E-state index in [9.17, 15) is 14.0 Å². The first-order chi connectivity index (χ1) is 9.87. The summed E-state index contributed by atoms with van der Waals surface area (Å²) in [5, 5.41) is 2.83. The molecule has 0 radical (unpaired) electrons. The summed E-state index contributed by atoms with van der Waals surface area (Å²) in [4.78, 5) is 25.2. The van der Waals surface area contributed by atoms with Crippen molar-refractivity contribution in [2.24, 2.45) is 5.73 Å². The molecule has 2 amide bonds. The number of hydrogen-bond acceptors (Lipinski definition) is 3. The summed E-state index contributed by atoms with van der Waals surface area (Å²) >= 11 is 0. The highest BCUT2D eigenvalue weighted by atomic mass is 19.1. The first-order valence-corrected chi connectivity index (χ1v) is 6.98. The third-order valence-electron chi connectivity index (χ3n) is 3.22. The Morgan fingerprint density at radius 2 is 1.90 bits per heavy atom. The van der Waals surface area contributed by atoms with Gasteiger partial charge in [-0.2, -0.15) is 0 Å². The minimum absolute atomic E-state index is 0.0490. The molecule has 1 aromatic rings. The number of hydrogen-bond donors (Lipinski definition) is 2. The largest absolute Gasteiger partial charge is 0.373 e. The van der Waals surface area contributed by atoms with Crippen LogP contribution in [0.5, 0.6) is 0 Å². The topological polar surface area (TPSA) is 75.4 Å². The average molecular weight is 295 g/mol. The highest BCUT2D eigenvalue weighted by Gasteiger charge is 2.22. The van der Waals surface area contributed by atoms with E-state index in [1.54, 1.807) is 17.9 Å². The fraction of sp³-hybridized carbons (Fsp3) is 0.467. The zero-order valence-corrected chi connectivity index (χ0v) is 12.6. The van der Waals surface area contributed by atoms with E-state index in [4.69, 9.17) is 5.73 Å². The van der Waals surface area contributed by atoms with Crippen LogP contribution in [0, 0.1) is 12.7 Å². The third kappa shape index (κ3) is 5.06. The standard InChI is InChI=1S/C15H22FN3O2/c1-4-19(5-2)14(20)9-13(15(17)21)18-12-7-10(3)6-11(16)8-12/h6-8,13,18H,4-5,9H2,1-3H3,(H2,17,21). The smallest absolute Gasteiger partial charge is 0.240 e. The molecule has 0 spiro atoms. The summed E-state index contributed by atoms with van der Waals surface area (Å²) in [6, 6.07) is 3.48. The molecule has 6 heteroatoms. The van der Waals surface area contributed by atoms with E-state index >= 15 is 0 Å². The van der Waals surface area contributed by atoms with Crippen LogP contribution in [0.1, 0.15) is 25.8 Å². The summed E-state index contributed by atoms with van der Waals surface area (Å²) in [6.45, 7) is 6.61. The molecule has 5 nitrogen and oxygen atoms in total. The summed E-state index contributed by atoms with van der Waals surface area (Å²) in [5.41, 5.74) is 6.48. The van der Waals surface area contributed by atoms with E-state index in [2.05, 4.69) is 5.32 Å². The molecular formula is C15H22FN3O2. The van der Waals surface area contributed by atoms with Gasteiger partial charge in [-0.1, -0.05) is 0 Å².